The van der Waals surface area contributed by atoms with Crippen LogP contribution < -0.4 is 10.5 Å². The SMILES string of the molecule is Cc1ccc(-c2c(O)c3ccc(-c4ccc(N(C)C)cc4)cc3[nH]c2=O)cc1. The number of aromatic nitrogens is 1. The van der Waals surface area contributed by atoms with Crippen molar-refractivity contribution in [2.75, 3.05) is 19.0 Å². The van der Waals surface area contributed by atoms with Gasteiger partial charge in [-0.1, -0.05) is 48.0 Å². The number of nitrogens with one attached hydrogen (secondary N) is 1. The zero-order chi connectivity index (χ0) is 19.8. The van der Waals surface area contributed by atoms with Crippen LogP contribution in [0.1, 0.15) is 5.56 Å². The van der Waals surface area contributed by atoms with E-state index in [9.17, 15) is 9.90 Å². The van der Waals surface area contributed by atoms with Crippen molar-refractivity contribution in [1.82, 2.24) is 4.98 Å². The number of benzene rings is 3. The Morgan fingerprint density at radius 2 is 1.43 bits per heavy atom. The highest BCUT2D eigenvalue weighted by atomic mass is 16.3. The van der Waals surface area contributed by atoms with Crippen molar-refractivity contribution in [3.63, 3.8) is 0 Å². The van der Waals surface area contributed by atoms with Crippen molar-refractivity contribution in [2.24, 2.45) is 0 Å². The van der Waals surface area contributed by atoms with E-state index in [1.165, 1.54) is 0 Å². The number of hydrogen-bond acceptors (Lipinski definition) is 3. The summed E-state index contributed by atoms with van der Waals surface area (Å²) in [6.07, 6.45) is 0. The largest absolute Gasteiger partial charge is 0.506 e. The molecule has 4 heteroatoms. The smallest absolute Gasteiger partial charge is 0.260 e. The van der Waals surface area contributed by atoms with Gasteiger partial charge in [0, 0.05) is 25.2 Å². The second-order valence-electron chi connectivity index (χ2n) is 7.25. The van der Waals surface area contributed by atoms with Crippen molar-refractivity contribution >= 4 is 16.6 Å². The molecule has 0 amide bonds. The number of aromatic amines is 1. The van der Waals surface area contributed by atoms with Crippen LogP contribution in [-0.4, -0.2) is 24.2 Å². The Hall–Kier alpha value is -3.53. The number of nitrogens with zero attached hydrogens (tertiary/aromatic N) is 1. The Balaban J connectivity index is 1.82. The van der Waals surface area contributed by atoms with Crippen molar-refractivity contribution in [3.05, 3.63) is 82.6 Å². The molecule has 0 aliphatic carbocycles. The summed E-state index contributed by atoms with van der Waals surface area (Å²) in [5.74, 6) is 0.0112. The molecule has 0 aliphatic rings. The van der Waals surface area contributed by atoms with Gasteiger partial charge in [0.1, 0.15) is 5.75 Å². The van der Waals surface area contributed by atoms with Gasteiger partial charge in [0.15, 0.2) is 0 Å². The molecule has 0 atom stereocenters. The Labute approximate surface area is 163 Å². The van der Waals surface area contributed by atoms with Gasteiger partial charge in [-0.15, -0.1) is 0 Å². The summed E-state index contributed by atoms with van der Waals surface area (Å²) >= 11 is 0. The molecule has 2 N–H and O–H groups in total. The highest BCUT2D eigenvalue weighted by Gasteiger charge is 2.14. The molecule has 0 saturated heterocycles. The molecular weight excluding hydrogens is 348 g/mol. The van der Waals surface area contributed by atoms with E-state index in [0.717, 1.165) is 22.4 Å². The van der Waals surface area contributed by atoms with E-state index in [-0.39, 0.29) is 11.3 Å². The summed E-state index contributed by atoms with van der Waals surface area (Å²) in [6.45, 7) is 1.99. The van der Waals surface area contributed by atoms with Crippen LogP contribution in [0.3, 0.4) is 0 Å². The highest BCUT2D eigenvalue weighted by Crippen LogP contribution is 2.34. The minimum atomic E-state index is -0.297. The summed E-state index contributed by atoms with van der Waals surface area (Å²) in [5, 5.41) is 11.4. The lowest BCUT2D eigenvalue weighted by Gasteiger charge is -2.13. The van der Waals surface area contributed by atoms with Crippen LogP contribution in [0.15, 0.2) is 71.5 Å². The molecule has 0 radical (unpaired) electrons. The average molecular weight is 370 g/mol. The molecule has 28 heavy (non-hydrogen) atoms. The number of hydrogen-bond donors (Lipinski definition) is 2. The lowest BCUT2D eigenvalue weighted by Crippen LogP contribution is -2.09. The van der Waals surface area contributed by atoms with Crippen LogP contribution >= 0.6 is 0 Å². The Bertz CT molecular complexity index is 1200. The summed E-state index contributed by atoms with van der Waals surface area (Å²) in [7, 11) is 4.01. The van der Waals surface area contributed by atoms with Crippen LogP contribution in [0, 0.1) is 6.92 Å². The average Bonchev–Trinajstić information content (AvgIpc) is 2.69. The molecule has 140 valence electrons. The molecule has 0 unspecified atom stereocenters. The van der Waals surface area contributed by atoms with Crippen LogP contribution in [0.5, 0.6) is 5.75 Å². The quantitative estimate of drug-likeness (QED) is 0.537. The number of anilines is 1. The number of fused-ring (bicyclic) bond motifs is 1. The Kier molecular flexibility index (Phi) is 4.40. The van der Waals surface area contributed by atoms with Gasteiger partial charge in [0.05, 0.1) is 11.1 Å². The predicted molar refractivity (Wildman–Crippen MR) is 116 cm³/mol. The molecule has 0 aliphatic heterocycles. The second kappa shape index (κ2) is 6.89. The van der Waals surface area contributed by atoms with E-state index < -0.39 is 0 Å². The van der Waals surface area contributed by atoms with Gasteiger partial charge in [-0.05, 0) is 47.9 Å². The fourth-order valence-electron chi connectivity index (χ4n) is 3.40. The molecule has 0 spiro atoms. The molecule has 0 bridgehead atoms. The van der Waals surface area contributed by atoms with Gasteiger partial charge in [-0.2, -0.15) is 0 Å². The molecular formula is C24H22N2O2. The van der Waals surface area contributed by atoms with E-state index in [2.05, 4.69) is 29.2 Å². The van der Waals surface area contributed by atoms with Crippen LogP contribution in [0.4, 0.5) is 5.69 Å². The van der Waals surface area contributed by atoms with Crippen LogP contribution in [0.2, 0.25) is 0 Å². The first-order valence-corrected chi connectivity index (χ1v) is 9.18. The zero-order valence-corrected chi connectivity index (χ0v) is 16.2. The number of aromatic hydroxyl groups is 1. The molecule has 1 aromatic heterocycles. The summed E-state index contributed by atoms with van der Waals surface area (Å²) in [4.78, 5) is 17.7. The van der Waals surface area contributed by atoms with Gasteiger partial charge >= 0.3 is 0 Å². The Morgan fingerprint density at radius 1 is 0.821 bits per heavy atom. The molecule has 4 rings (SSSR count). The lowest BCUT2D eigenvalue weighted by atomic mass is 9.99. The number of pyridine rings is 1. The van der Waals surface area contributed by atoms with Crippen LogP contribution in [0.25, 0.3) is 33.2 Å². The maximum absolute atomic E-state index is 12.7. The lowest BCUT2D eigenvalue weighted by molar-refractivity contribution is 0.482. The first kappa shape index (κ1) is 17.9. The van der Waals surface area contributed by atoms with Crippen molar-refractivity contribution in [2.45, 2.75) is 6.92 Å². The van der Waals surface area contributed by atoms with E-state index in [1.54, 1.807) is 0 Å². The minimum Gasteiger partial charge on any atom is -0.506 e. The van der Waals surface area contributed by atoms with Gasteiger partial charge < -0.3 is 15.0 Å². The monoisotopic (exact) mass is 370 g/mol. The third-order valence-corrected chi connectivity index (χ3v) is 5.04. The maximum Gasteiger partial charge on any atom is 0.260 e. The Morgan fingerprint density at radius 3 is 2.07 bits per heavy atom. The summed E-state index contributed by atoms with van der Waals surface area (Å²) in [5.41, 5.74) is 5.59. The molecule has 4 aromatic rings. The first-order chi connectivity index (χ1) is 13.4. The van der Waals surface area contributed by atoms with Crippen molar-refractivity contribution in [1.29, 1.82) is 0 Å². The van der Waals surface area contributed by atoms with Gasteiger partial charge in [0.25, 0.3) is 5.56 Å². The van der Waals surface area contributed by atoms with Gasteiger partial charge in [-0.3, -0.25) is 4.79 Å². The van der Waals surface area contributed by atoms with E-state index in [4.69, 9.17) is 0 Å². The zero-order valence-electron chi connectivity index (χ0n) is 16.2. The third kappa shape index (κ3) is 3.14. The molecule has 1 heterocycles. The molecule has 0 fully saturated rings. The highest BCUT2D eigenvalue weighted by molar-refractivity contribution is 5.94. The number of aryl methyl sites for hydroxylation is 1. The fraction of sp³-hybridized carbons (Fsp3) is 0.125. The molecule has 3 aromatic carbocycles. The van der Waals surface area contributed by atoms with Crippen LogP contribution in [-0.2, 0) is 0 Å². The fourth-order valence-corrected chi connectivity index (χ4v) is 3.40. The standard InChI is InChI=1S/C24H22N2O2/c1-15-4-6-17(7-5-15)22-23(27)20-13-10-18(14-21(20)25-24(22)28)16-8-11-19(12-9-16)26(2)3/h4-14H,1-3H3,(H2,25,27,28). The first-order valence-electron chi connectivity index (χ1n) is 9.18. The van der Waals surface area contributed by atoms with E-state index in [1.807, 2.05) is 68.4 Å². The maximum atomic E-state index is 12.7. The van der Waals surface area contributed by atoms with Crippen molar-refractivity contribution < 1.29 is 5.11 Å². The minimum absolute atomic E-state index is 0.0112. The predicted octanol–water partition coefficient (Wildman–Crippen LogP) is 4.94. The molecule has 4 nitrogen and oxygen atoms in total. The van der Waals surface area contributed by atoms with Crippen molar-refractivity contribution in [3.8, 4) is 28.0 Å². The molecule has 0 saturated carbocycles. The topological polar surface area (TPSA) is 56.3 Å². The third-order valence-electron chi connectivity index (χ3n) is 5.04. The second-order valence-corrected chi connectivity index (χ2v) is 7.25. The van der Waals surface area contributed by atoms with E-state index >= 15 is 0 Å². The number of H-pyrrole nitrogens is 1. The summed E-state index contributed by atoms with van der Waals surface area (Å²) in [6, 6.07) is 21.5. The van der Waals surface area contributed by atoms with Gasteiger partial charge in [0.2, 0.25) is 0 Å². The number of rotatable bonds is 3. The van der Waals surface area contributed by atoms with Gasteiger partial charge in [-0.25, -0.2) is 0 Å². The summed E-state index contributed by atoms with van der Waals surface area (Å²) < 4.78 is 0. The normalized spacial score (nSPS) is 11.0. The van der Waals surface area contributed by atoms with E-state index in [0.29, 0.717) is 22.0 Å².